The van der Waals surface area contributed by atoms with E-state index in [4.69, 9.17) is 4.74 Å². The second-order valence-electron chi connectivity index (χ2n) is 4.11. The van der Waals surface area contributed by atoms with Crippen molar-refractivity contribution >= 4 is 5.97 Å². The van der Waals surface area contributed by atoms with Gasteiger partial charge < -0.3 is 4.74 Å². The van der Waals surface area contributed by atoms with Crippen LogP contribution >= 0.6 is 0 Å². The van der Waals surface area contributed by atoms with Crippen molar-refractivity contribution in [3.8, 4) is 0 Å². The Kier molecular flexibility index (Phi) is 11.7. The van der Waals surface area contributed by atoms with Gasteiger partial charge in [-0.15, -0.1) is 0 Å². The molecule has 0 rings (SSSR count). The van der Waals surface area contributed by atoms with Gasteiger partial charge in [0.25, 0.3) is 0 Å². The lowest BCUT2D eigenvalue weighted by molar-refractivity contribution is -0.142. The Labute approximate surface area is 100 Å². The molecule has 0 amide bonds. The van der Waals surface area contributed by atoms with Crippen LogP contribution in [0.3, 0.4) is 0 Å². The predicted molar refractivity (Wildman–Crippen MR) is 68.4 cm³/mol. The summed E-state index contributed by atoms with van der Waals surface area (Å²) in [4.78, 5) is 11.3. The highest BCUT2D eigenvalue weighted by atomic mass is 16.5. The molecule has 0 spiro atoms. The van der Waals surface area contributed by atoms with E-state index in [-0.39, 0.29) is 5.97 Å². The molecule has 0 aliphatic heterocycles. The highest BCUT2D eigenvalue weighted by Gasteiger charge is 2.00. The summed E-state index contributed by atoms with van der Waals surface area (Å²) in [6.07, 6.45) is 12.6. The second kappa shape index (κ2) is 12.3. The number of hydrogen-bond acceptors (Lipinski definition) is 2. The Morgan fingerprint density at radius 1 is 1.00 bits per heavy atom. The number of unbranched alkanes of at least 4 members (excludes halogenated alkanes) is 5. The average molecular weight is 226 g/mol. The molecular formula is C14H26O2. The summed E-state index contributed by atoms with van der Waals surface area (Å²) in [6, 6.07) is 0. The Morgan fingerprint density at radius 3 is 2.44 bits per heavy atom. The number of allylic oxidation sites excluding steroid dienone is 1. The van der Waals surface area contributed by atoms with Crippen LogP contribution in [0, 0.1) is 0 Å². The van der Waals surface area contributed by atoms with E-state index in [0.29, 0.717) is 13.0 Å². The van der Waals surface area contributed by atoms with Crippen LogP contribution in [0.5, 0.6) is 0 Å². The summed E-state index contributed by atoms with van der Waals surface area (Å²) < 4.78 is 5.07. The molecule has 16 heavy (non-hydrogen) atoms. The van der Waals surface area contributed by atoms with Gasteiger partial charge in [0, 0.05) is 6.42 Å². The molecule has 0 aliphatic carbocycles. The number of carbonyl (C=O) groups excluding carboxylic acids is 1. The van der Waals surface area contributed by atoms with E-state index < -0.39 is 0 Å². The minimum Gasteiger partial charge on any atom is -0.461 e. The summed E-state index contributed by atoms with van der Waals surface area (Å²) in [6.45, 7) is 4.76. The van der Waals surface area contributed by atoms with E-state index in [9.17, 15) is 4.79 Å². The van der Waals surface area contributed by atoms with Crippen molar-refractivity contribution in [3.63, 3.8) is 0 Å². The first kappa shape index (κ1) is 15.2. The lowest BCUT2D eigenvalue weighted by Gasteiger charge is -2.01. The van der Waals surface area contributed by atoms with Crippen LogP contribution in [0.1, 0.15) is 65.2 Å². The Morgan fingerprint density at radius 2 is 1.75 bits per heavy atom. The standard InChI is InChI=1S/C14H26O2/c1-3-5-7-9-10-12-14(15)16-13-11-8-6-4-2/h8,11H,3-7,9-10,12-13H2,1-2H3/b11-8+. The molecule has 0 bridgehead atoms. The van der Waals surface area contributed by atoms with Crippen LogP contribution in [0.15, 0.2) is 12.2 Å². The lowest BCUT2D eigenvalue weighted by atomic mass is 10.1. The number of carbonyl (C=O) groups is 1. The van der Waals surface area contributed by atoms with Gasteiger partial charge in [-0.2, -0.15) is 0 Å². The van der Waals surface area contributed by atoms with Crippen molar-refractivity contribution in [2.24, 2.45) is 0 Å². The molecule has 0 N–H and O–H groups in total. The quantitative estimate of drug-likeness (QED) is 0.316. The predicted octanol–water partition coefficient (Wildman–Crippen LogP) is 4.25. The monoisotopic (exact) mass is 226 g/mol. The molecular weight excluding hydrogens is 200 g/mol. The van der Waals surface area contributed by atoms with Crippen molar-refractivity contribution in [3.05, 3.63) is 12.2 Å². The van der Waals surface area contributed by atoms with Crippen LogP contribution < -0.4 is 0 Å². The van der Waals surface area contributed by atoms with Gasteiger partial charge in [-0.1, -0.05) is 58.1 Å². The normalized spacial score (nSPS) is 10.9. The number of esters is 1. The summed E-state index contributed by atoms with van der Waals surface area (Å²) in [5.41, 5.74) is 0. The summed E-state index contributed by atoms with van der Waals surface area (Å²) in [5.74, 6) is -0.0577. The largest absolute Gasteiger partial charge is 0.461 e. The van der Waals surface area contributed by atoms with Crippen molar-refractivity contribution in [1.29, 1.82) is 0 Å². The maximum Gasteiger partial charge on any atom is 0.306 e. The molecule has 0 atom stereocenters. The van der Waals surface area contributed by atoms with Crippen molar-refractivity contribution < 1.29 is 9.53 Å². The third-order valence-corrected chi connectivity index (χ3v) is 2.45. The van der Waals surface area contributed by atoms with Gasteiger partial charge in [0.05, 0.1) is 0 Å². The molecule has 0 aliphatic rings. The second-order valence-corrected chi connectivity index (χ2v) is 4.11. The fourth-order valence-electron chi connectivity index (χ4n) is 1.44. The maximum absolute atomic E-state index is 11.3. The summed E-state index contributed by atoms with van der Waals surface area (Å²) in [7, 11) is 0. The summed E-state index contributed by atoms with van der Waals surface area (Å²) in [5, 5.41) is 0. The van der Waals surface area contributed by atoms with E-state index >= 15 is 0 Å². The molecule has 2 heteroatoms. The van der Waals surface area contributed by atoms with Crippen molar-refractivity contribution in [2.45, 2.75) is 65.2 Å². The first-order valence-corrected chi connectivity index (χ1v) is 6.61. The van der Waals surface area contributed by atoms with Crippen LogP contribution in [-0.4, -0.2) is 12.6 Å². The number of ether oxygens (including phenoxy) is 1. The van der Waals surface area contributed by atoms with Crippen molar-refractivity contribution in [2.75, 3.05) is 6.61 Å². The van der Waals surface area contributed by atoms with Gasteiger partial charge in [-0.25, -0.2) is 0 Å². The molecule has 0 saturated heterocycles. The van der Waals surface area contributed by atoms with E-state index in [2.05, 4.69) is 19.9 Å². The molecule has 0 heterocycles. The Hall–Kier alpha value is -0.790. The average Bonchev–Trinajstić information content (AvgIpc) is 2.28. The highest BCUT2D eigenvalue weighted by molar-refractivity contribution is 5.69. The Bertz CT molecular complexity index is 185. The van der Waals surface area contributed by atoms with Crippen LogP contribution in [0.4, 0.5) is 0 Å². The third kappa shape index (κ3) is 11.3. The number of rotatable bonds is 10. The van der Waals surface area contributed by atoms with Gasteiger partial charge in [-0.05, 0) is 12.8 Å². The molecule has 0 aromatic heterocycles. The zero-order valence-corrected chi connectivity index (χ0v) is 10.8. The van der Waals surface area contributed by atoms with E-state index in [1.807, 2.05) is 6.08 Å². The minimum absolute atomic E-state index is 0.0577. The zero-order chi connectivity index (χ0) is 12.1. The zero-order valence-electron chi connectivity index (χ0n) is 10.8. The molecule has 0 fully saturated rings. The fourth-order valence-corrected chi connectivity index (χ4v) is 1.44. The molecule has 94 valence electrons. The van der Waals surface area contributed by atoms with Crippen molar-refractivity contribution in [1.82, 2.24) is 0 Å². The van der Waals surface area contributed by atoms with E-state index in [0.717, 1.165) is 25.7 Å². The first-order valence-electron chi connectivity index (χ1n) is 6.61. The first-order chi connectivity index (χ1) is 7.81. The Balaban J connectivity index is 3.24. The lowest BCUT2D eigenvalue weighted by Crippen LogP contribution is -2.03. The van der Waals surface area contributed by atoms with E-state index in [1.165, 1.54) is 19.3 Å². The van der Waals surface area contributed by atoms with Gasteiger partial charge in [0.15, 0.2) is 0 Å². The molecule has 0 radical (unpaired) electrons. The molecule has 0 aromatic rings. The molecule has 2 nitrogen and oxygen atoms in total. The minimum atomic E-state index is -0.0577. The van der Waals surface area contributed by atoms with Crippen LogP contribution in [0.2, 0.25) is 0 Å². The molecule has 0 saturated carbocycles. The third-order valence-electron chi connectivity index (χ3n) is 2.45. The number of hydrogen-bond donors (Lipinski definition) is 0. The van der Waals surface area contributed by atoms with Gasteiger partial charge in [-0.3, -0.25) is 4.79 Å². The topological polar surface area (TPSA) is 26.3 Å². The van der Waals surface area contributed by atoms with E-state index in [1.54, 1.807) is 0 Å². The fraction of sp³-hybridized carbons (Fsp3) is 0.786. The van der Waals surface area contributed by atoms with Crippen LogP contribution in [0.25, 0.3) is 0 Å². The maximum atomic E-state index is 11.3. The molecule has 0 aromatic carbocycles. The smallest absolute Gasteiger partial charge is 0.306 e. The van der Waals surface area contributed by atoms with Gasteiger partial charge in [0.1, 0.15) is 6.61 Å². The SMILES string of the molecule is CCC/C=C/COC(=O)CCCCCCC. The summed E-state index contributed by atoms with van der Waals surface area (Å²) >= 11 is 0. The molecule has 0 unspecified atom stereocenters. The van der Waals surface area contributed by atoms with Crippen LogP contribution in [-0.2, 0) is 9.53 Å². The highest BCUT2D eigenvalue weighted by Crippen LogP contribution is 2.05. The van der Waals surface area contributed by atoms with Gasteiger partial charge >= 0.3 is 5.97 Å². The van der Waals surface area contributed by atoms with Gasteiger partial charge in [0.2, 0.25) is 0 Å².